The first-order valence-corrected chi connectivity index (χ1v) is 5.32. The van der Waals surface area contributed by atoms with E-state index >= 15 is 0 Å². The van der Waals surface area contributed by atoms with Crippen molar-refractivity contribution in [1.82, 2.24) is 10.2 Å². The Morgan fingerprint density at radius 3 is 2.19 bits per heavy atom. The summed E-state index contributed by atoms with van der Waals surface area (Å²) in [5, 5.41) is 12.8. The Morgan fingerprint density at radius 2 is 1.81 bits per heavy atom. The Hall–Kier alpha value is -0.650. The van der Waals surface area contributed by atoms with Gasteiger partial charge in [0.1, 0.15) is 0 Å². The molecule has 0 radical (unpaired) electrons. The van der Waals surface area contributed by atoms with Crippen LogP contribution in [0.2, 0.25) is 0 Å². The molecule has 5 nitrogen and oxygen atoms in total. The highest BCUT2D eigenvalue weighted by Crippen LogP contribution is 2.09. The Balaban J connectivity index is 4.13. The van der Waals surface area contributed by atoms with Crippen LogP contribution in [0.3, 0.4) is 0 Å². The van der Waals surface area contributed by atoms with Crippen molar-refractivity contribution in [2.45, 2.75) is 31.9 Å². The van der Waals surface area contributed by atoms with Crippen LogP contribution in [0.4, 0.5) is 0 Å². The van der Waals surface area contributed by atoms with E-state index < -0.39 is 11.6 Å². The lowest BCUT2D eigenvalue weighted by Gasteiger charge is -2.33. The minimum Gasteiger partial charge on any atom is -0.467 e. The van der Waals surface area contributed by atoms with Crippen LogP contribution in [0.5, 0.6) is 0 Å². The van der Waals surface area contributed by atoms with Gasteiger partial charge in [0.25, 0.3) is 0 Å². The van der Waals surface area contributed by atoms with Gasteiger partial charge < -0.3 is 20.1 Å². The number of aliphatic hydroxyl groups is 1. The van der Waals surface area contributed by atoms with Gasteiger partial charge in [-0.15, -0.1) is 0 Å². The summed E-state index contributed by atoms with van der Waals surface area (Å²) in [5.41, 5.74) is -1.51. The summed E-state index contributed by atoms with van der Waals surface area (Å²) in [6.45, 7) is 6.44. The first kappa shape index (κ1) is 15.3. The number of hydrogen-bond donors (Lipinski definition) is 2. The van der Waals surface area contributed by atoms with E-state index in [1.54, 1.807) is 0 Å². The van der Waals surface area contributed by atoms with Crippen molar-refractivity contribution in [2.75, 3.05) is 34.3 Å². The lowest BCUT2D eigenvalue weighted by atomic mass is 10.0. The van der Waals surface area contributed by atoms with Crippen LogP contribution in [0.1, 0.15) is 20.8 Å². The van der Waals surface area contributed by atoms with Crippen LogP contribution in [-0.4, -0.2) is 61.4 Å². The molecule has 0 saturated heterocycles. The summed E-state index contributed by atoms with van der Waals surface area (Å²) in [5.74, 6) is -0.623. The molecule has 1 unspecified atom stereocenters. The summed E-state index contributed by atoms with van der Waals surface area (Å²) in [6, 6.07) is 0. The summed E-state index contributed by atoms with van der Waals surface area (Å²) < 4.78 is 4.51. The monoisotopic (exact) mass is 232 g/mol. The third kappa shape index (κ3) is 4.47. The molecule has 5 heteroatoms. The smallest absolute Gasteiger partial charge is 0.338 e. The molecule has 0 rings (SSSR count). The molecule has 0 aromatic heterocycles. The fourth-order valence-electron chi connectivity index (χ4n) is 1.06. The zero-order valence-electron chi connectivity index (χ0n) is 11.1. The number of methoxy groups -OCH3 is 1. The van der Waals surface area contributed by atoms with Gasteiger partial charge in [-0.25, -0.2) is 4.79 Å². The lowest BCUT2D eigenvalue weighted by Crippen LogP contribution is -2.52. The molecule has 0 aromatic rings. The molecule has 0 aliphatic carbocycles. The fraction of sp³-hybridized carbons (Fsp3) is 0.909. The summed E-state index contributed by atoms with van der Waals surface area (Å²) >= 11 is 0. The number of rotatable bonds is 6. The maximum atomic E-state index is 11.2. The van der Waals surface area contributed by atoms with Crippen LogP contribution >= 0.6 is 0 Å². The topological polar surface area (TPSA) is 61.8 Å². The van der Waals surface area contributed by atoms with Gasteiger partial charge in [0, 0.05) is 18.6 Å². The number of hydrogen-bond acceptors (Lipinski definition) is 5. The maximum Gasteiger partial charge on any atom is 0.338 e. The maximum absolute atomic E-state index is 11.2. The highest BCUT2D eigenvalue weighted by molar-refractivity contribution is 5.78. The molecule has 0 aromatic carbocycles. The SMILES string of the molecule is COC(=O)C(C)(O)CNCC(C)(C)N(C)C. The predicted octanol–water partition coefficient (Wildman–Crippen LogP) is -0.160. The van der Waals surface area contributed by atoms with Crippen molar-refractivity contribution in [3.05, 3.63) is 0 Å². The molecular weight excluding hydrogens is 208 g/mol. The molecule has 96 valence electrons. The van der Waals surface area contributed by atoms with Crippen molar-refractivity contribution in [1.29, 1.82) is 0 Å². The number of nitrogens with one attached hydrogen (secondary N) is 1. The molecule has 0 saturated carbocycles. The highest BCUT2D eigenvalue weighted by Gasteiger charge is 2.31. The molecule has 0 spiro atoms. The van der Waals surface area contributed by atoms with E-state index in [1.807, 2.05) is 14.1 Å². The molecule has 0 amide bonds. The summed E-state index contributed by atoms with van der Waals surface area (Å²) in [7, 11) is 5.24. The number of ether oxygens (including phenoxy) is 1. The number of carbonyl (C=O) groups is 1. The quantitative estimate of drug-likeness (QED) is 0.623. The van der Waals surface area contributed by atoms with Crippen LogP contribution in [0.25, 0.3) is 0 Å². The van der Waals surface area contributed by atoms with E-state index in [4.69, 9.17) is 0 Å². The highest BCUT2D eigenvalue weighted by atomic mass is 16.5. The zero-order valence-corrected chi connectivity index (χ0v) is 11.1. The van der Waals surface area contributed by atoms with Crippen LogP contribution < -0.4 is 5.32 Å². The average Bonchev–Trinajstić information content (AvgIpc) is 2.15. The molecule has 1 atom stereocenters. The molecular formula is C11H24N2O3. The lowest BCUT2D eigenvalue weighted by molar-refractivity contribution is -0.160. The van der Waals surface area contributed by atoms with Gasteiger partial charge in [-0.1, -0.05) is 0 Å². The predicted molar refractivity (Wildman–Crippen MR) is 63.3 cm³/mol. The minimum atomic E-state index is -1.48. The third-order valence-electron chi connectivity index (χ3n) is 2.86. The number of esters is 1. The molecule has 0 fully saturated rings. The van der Waals surface area contributed by atoms with Gasteiger partial charge in [-0.05, 0) is 34.9 Å². The average molecular weight is 232 g/mol. The second kappa shape index (κ2) is 5.61. The molecule has 0 bridgehead atoms. The second-order valence-electron chi connectivity index (χ2n) is 5.08. The van der Waals surface area contributed by atoms with Crippen LogP contribution in [0.15, 0.2) is 0 Å². The zero-order chi connectivity index (χ0) is 13.0. The normalized spacial score (nSPS) is 16.0. The van der Waals surface area contributed by atoms with E-state index in [1.165, 1.54) is 14.0 Å². The molecule has 16 heavy (non-hydrogen) atoms. The molecule has 0 heterocycles. The Morgan fingerprint density at radius 1 is 1.31 bits per heavy atom. The van der Waals surface area contributed by atoms with E-state index in [9.17, 15) is 9.90 Å². The minimum absolute atomic E-state index is 0.0355. The Kier molecular flexibility index (Phi) is 5.38. The van der Waals surface area contributed by atoms with Gasteiger partial charge in [-0.3, -0.25) is 0 Å². The molecule has 0 aliphatic heterocycles. The van der Waals surface area contributed by atoms with Crippen molar-refractivity contribution >= 4 is 5.97 Å². The molecule has 2 N–H and O–H groups in total. The van der Waals surface area contributed by atoms with Crippen molar-refractivity contribution < 1.29 is 14.6 Å². The number of likely N-dealkylation sites (N-methyl/N-ethyl adjacent to an activating group) is 1. The van der Waals surface area contributed by atoms with Gasteiger partial charge in [0.05, 0.1) is 7.11 Å². The van der Waals surface area contributed by atoms with Crippen molar-refractivity contribution in [2.24, 2.45) is 0 Å². The van der Waals surface area contributed by atoms with Gasteiger partial charge in [0.15, 0.2) is 5.60 Å². The Labute approximate surface area is 97.8 Å². The summed E-state index contributed by atoms with van der Waals surface area (Å²) in [6.07, 6.45) is 0. The third-order valence-corrected chi connectivity index (χ3v) is 2.86. The van der Waals surface area contributed by atoms with Gasteiger partial charge in [-0.2, -0.15) is 0 Å². The van der Waals surface area contributed by atoms with Crippen molar-refractivity contribution in [3.8, 4) is 0 Å². The Bertz CT molecular complexity index is 237. The van der Waals surface area contributed by atoms with E-state index in [2.05, 4.69) is 28.8 Å². The first-order valence-electron chi connectivity index (χ1n) is 5.32. The second-order valence-corrected chi connectivity index (χ2v) is 5.08. The summed E-state index contributed by atoms with van der Waals surface area (Å²) in [4.78, 5) is 13.3. The number of nitrogens with zero attached hydrogens (tertiary/aromatic N) is 1. The molecule has 0 aliphatic rings. The van der Waals surface area contributed by atoms with Gasteiger partial charge in [0.2, 0.25) is 0 Å². The fourth-order valence-corrected chi connectivity index (χ4v) is 1.06. The van der Waals surface area contributed by atoms with Gasteiger partial charge >= 0.3 is 5.97 Å². The standard InChI is InChI=1S/C11H24N2O3/c1-10(2,13(4)5)7-12-8-11(3,15)9(14)16-6/h12,15H,7-8H2,1-6H3. The first-order chi connectivity index (χ1) is 7.13. The number of carbonyl (C=O) groups excluding carboxylic acids is 1. The van der Waals surface area contributed by atoms with Crippen molar-refractivity contribution in [3.63, 3.8) is 0 Å². The van der Waals surface area contributed by atoms with E-state index in [0.717, 1.165) is 0 Å². The van der Waals surface area contributed by atoms with E-state index in [0.29, 0.717) is 6.54 Å². The largest absolute Gasteiger partial charge is 0.467 e. The van der Waals surface area contributed by atoms with Crippen LogP contribution in [0, 0.1) is 0 Å². The van der Waals surface area contributed by atoms with Crippen LogP contribution in [-0.2, 0) is 9.53 Å². The van der Waals surface area contributed by atoms with E-state index in [-0.39, 0.29) is 12.1 Å².